The van der Waals surface area contributed by atoms with E-state index in [4.69, 9.17) is 4.74 Å². The Labute approximate surface area is 83.0 Å². The highest BCUT2D eigenvalue weighted by Crippen LogP contribution is 2.38. The van der Waals surface area contributed by atoms with E-state index in [1.54, 1.807) is 0 Å². The van der Waals surface area contributed by atoms with E-state index in [1.807, 2.05) is 0 Å². The van der Waals surface area contributed by atoms with E-state index in [0.717, 1.165) is 18.4 Å². The van der Waals surface area contributed by atoms with Crippen molar-refractivity contribution in [2.75, 3.05) is 11.9 Å². The average molecular weight is 233 g/mol. The molecule has 2 rings (SSSR count). The Morgan fingerprint density at radius 3 is 3.00 bits per heavy atom. The molecular weight excluding hydrogens is 216 g/mol. The molecule has 70 valence electrons. The van der Waals surface area contributed by atoms with Gasteiger partial charge in [-0.1, -0.05) is 15.9 Å². The molecule has 0 bridgehead atoms. The molecule has 1 aliphatic heterocycles. The zero-order chi connectivity index (χ0) is 8.39. The molecule has 2 fully saturated rings. The van der Waals surface area contributed by atoms with Crippen LogP contribution in [-0.2, 0) is 4.74 Å². The number of alkyl halides is 1. The summed E-state index contributed by atoms with van der Waals surface area (Å²) in [5, 5.41) is 1.18. The van der Waals surface area contributed by atoms with Crippen molar-refractivity contribution in [3.8, 4) is 0 Å². The van der Waals surface area contributed by atoms with Crippen LogP contribution in [0.25, 0.3) is 0 Å². The summed E-state index contributed by atoms with van der Waals surface area (Å²) in [4.78, 5) is 0. The van der Waals surface area contributed by atoms with Crippen LogP contribution in [0.2, 0.25) is 0 Å². The Kier molecular flexibility index (Phi) is 3.08. The molecule has 0 N–H and O–H groups in total. The van der Waals surface area contributed by atoms with E-state index in [0.29, 0.717) is 6.10 Å². The monoisotopic (exact) mass is 232 g/mol. The molecule has 2 heteroatoms. The number of hydrogen-bond donors (Lipinski definition) is 0. The molecule has 1 aliphatic carbocycles. The van der Waals surface area contributed by atoms with Crippen molar-refractivity contribution in [2.45, 2.75) is 38.2 Å². The Balaban J connectivity index is 1.84. The maximum atomic E-state index is 5.67. The lowest BCUT2D eigenvalue weighted by atomic mass is 9.78. The molecule has 12 heavy (non-hydrogen) atoms. The maximum Gasteiger partial charge on any atom is 0.0604 e. The quantitative estimate of drug-likeness (QED) is 0.666. The first-order valence-electron chi connectivity index (χ1n) is 5.07. The number of halogens is 1. The third kappa shape index (κ3) is 1.85. The van der Waals surface area contributed by atoms with E-state index in [1.165, 1.54) is 37.4 Å². The van der Waals surface area contributed by atoms with E-state index in [9.17, 15) is 0 Å². The molecule has 0 aromatic rings. The van der Waals surface area contributed by atoms with Gasteiger partial charge >= 0.3 is 0 Å². The van der Waals surface area contributed by atoms with Gasteiger partial charge in [-0.25, -0.2) is 0 Å². The SMILES string of the molecule is BrCCC1CCC2OCCC2C1. The van der Waals surface area contributed by atoms with Crippen LogP contribution >= 0.6 is 15.9 Å². The summed E-state index contributed by atoms with van der Waals surface area (Å²) in [6.07, 6.45) is 7.47. The van der Waals surface area contributed by atoms with Gasteiger partial charge in [-0.2, -0.15) is 0 Å². The van der Waals surface area contributed by atoms with Crippen LogP contribution in [0.1, 0.15) is 32.1 Å². The zero-order valence-corrected chi connectivity index (χ0v) is 9.05. The van der Waals surface area contributed by atoms with Crippen LogP contribution in [0, 0.1) is 11.8 Å². The number of fused-ring (bicyclic) bond motifs is 1. The lowest BCUT2D eigenvalue weighted by molar-refractivity contribution is 0.0513. The highest BCUT2D eigenvalue weighted by Gasteiger charge is 2.34. The molecule has 3 unspecified atom stereocenters. The van der Waals surface area contributed by atoms with Gasteiger partial charge in [-0.05, 0) is 43.9 Å². The Morgan fingerprint density at radius 1 is 1.25 bits per heavy atom. The lowest BCUT2D eigenvalue weighted by Gasteiger charge is -2.30. The second kappa shape index (κ2) is 4.10. The molecule has 0 spiro atoms. The second-order valence-corrected chi connectivity index (χ2v) is 4.91. The standard InChI is InChI=1S/C10H17BrO/c11-5-3-8-1-2-10-9(7-8)4-6-12-10/h8-10H,1-7H2. The molecule has 3 atom stereocenters. The normalized spacial score (nSPS) is 41.2. The van der Waals surface area contributed by atoms with Gasteiger partial charge in [0, 0.05) is 11.9 Å². The minimum absolute atomic E-state index is 0.636. The highest BCUT2D eigenvalue weighted by atomic mass is 79.9. The Bertz CT molecular complexity index is 149. The van der Waals surface area contributed by atoms with Crippen molar-refractivity contribution in [3.05, 3.63) is 0 Å². The maximum absolute atomic E-state index is 5.67. The molecular formula is C10H17BrO. The molecule has 1 saturated carbocycles. The van der Waals surface area contributed by atoms with Crippen molar-refractivity contribution < 1.29 is 4.74 Å². The van der Waals surface area contributed by atoms with Crippen molar-refractivity contribution in [1.29, 1.82) is 0 Å². The smallest absolute Gasteiger partial charge is 0.0604 e. The fraction of sp³-hybridized carbons (Fsp3) is 1.00. The molecule has 2 aliphatic rings. The first-order chi connectivity index (χ1) is 5.90. The number of hydrogen-bond acceptors (Lipinski definition) is 1. The Morgan fingerprint density at radius 2 is 2.17 bits per heavy atom. The van der Waals surface area contributed by atoms with Crippen molar-refractivity contribution in [2.24, 2.45) is 11.8 Å². The minimum Gasteiger partial charge on any atom is -0.378 e. The number of rotatable bonds is 2. The van der Waals surface area contributed by atoms with Crippen LogP contribution < -0.4 is 0 Å². The van der Waals surface area contributed by atoms with Crippen LogP contribution in [0.4, 0.5) is 0 Å². The van der Waals surface area contributed by atoms with E-state index in [-0.39, 0.29) is 0 Å². The van der Waals surface area contributed by atoms with Crippen molar-refractivity contribution in [3.63, 3.8) is 0 Å². The highest BCUT2D eigenvalue weighted by molar-refractivity contribution is 9.09. The van der Waals surface area contributed by atoms with Crippen LogP contribution in [0.5, 0.6) is 0 Å². The summed E-state index contributed by atoms with van der Waals surface area (Å²) >= 11 is 3.53. The third-order valence-electron chi connectivity index (χ3n) is 3.36. The van der Waals surface area contributed by atoms with Gasteiger partial charge in [0.05, 0.1) is 6.10 Å². The van der Waals surface area contributed by atoms with Crippen molar-refractivity contribution in [1.82, 2.24) is 0 Å². The van der Waals surface area contributed by atoms with Crippen LogP contribution in [-0.4, -0.2) is 18.0 Å². The van der Waals surface area contributed by atoms with Gasteiger partial charge in [0.2, 0.25) is 0 Å². The zero-order valence-electron chi connectivity index (χ0n) is 7.47. The summed E-state index contributed by atoms with van der Waals surface area (Å²) in [5.74, 6) is 1.88. The first kappa shape index (κ1) is 9.01. The number of ether oxygens (including phenoxy) is 1. The fourth-order valence-electron chi connectivity index (χ4n) is 2.64. The van der Waals surface area contributed by atoms with Gasteiger partial charge < -0.3 is 4.74 Å². The predicted molar refractivity (Wildman–Crippen MR) is 53.6 cm³/mol. The van der Waals surface area contributed by atoms with Gasteiger partial charge in [0.25, 0.3) is 0 Å². The summed E-state index contributed by atoms with van der Waals surface area (Å²) in [6.45, 7) is 1.02. The minimum atomic E-state index is 0.636. The van der Waals surface area contributed by atoms with E-state index >= 15 is 0 Å². The molecule has 0 aromatic carbocycles. The lowest BCUT2D eigenvalue weighted by Crippen LogP contribution is -2.25. The summed E-state index contributed by atoms with van der Waals surface area (Å²) in [7, 11) is 0. The molecule has 0 radical (unpaired) electrons. The van der Waals surface area contributed by atoms with Crippen LogP contribution in [0.15, 0.2) is 0 Å². The van der Waals surface area contributed by atoms with Gasteiger partial charge in [-0.3, -0.25) is 0 Å². The second-order valence-electron chi connectivity index (χ2n) is 4.11. The van der Waals surface area contributed by atoms with Crippen molar-refractivity contribution >= 4 is 15.9 Å². The fourth-order valence-corrected chi connectivity index (χ4v) is 3.29. The molecule has 1 heterocycles. The largest absolute Gasteiger partial charge is 0.378 e. The topological polar surface area (TPSA) is 9.23 Å². The molecule has 1 nitrogen and oxygen atoms in total. The van der Waals surface area contributed by atoms with Gasteiger partial charge in [0.15, 0.2) is 0 Å². The molecule has 0 aromatic heterocycles. The first-order valence-corrected chi connectivity index (χ1v) is 6.20. The Hall–Kier alpha value is 0.440. The van der Waals surface area contributed by atoms with Crippen LogP contribution in [0.3, 0.4) is 0 Å². The predicted octanol–water partition coefficient (Wildman–Crippen LogP) is 2.98. The summed E-state index contributed by atoms with van der Waals surface area (Å²) in [5.41, 5.74) is 0. The molecule has 1 saturated heterocycles. The van der Waals surface area contributed by atoms with E-state index in [2.05, 4.69) is 15.9 Å². The van der Waals surface area contributed by atoms with E-state index < -0.39 is 0 Å². The summed E-state index contributed by atoms with van der Waals surface area (Å²) < 4.78 is 5.67. The summed E-state index contributed by atoms with van der Waals surface area (Å²) in [6, 6.07) is 0. The third-order valence-corrected chi connectivity index (χ3v) is 3.82. The molecule has 0 amide bonds. The average Bonchev–Trinajstić information content (AvgIpc) is 2.51. The van der Waals surface area contributed by atoms with Gasteiger partial charge in [0.1, 0.15) is 0 Å². The van der Waals surface area contributed by atoms with Gasteiger partial charge in [-0.15, -0.1) is 0 Å².